The molecule has 1 saturated heterocycles. The number of para-hydroxylation sites is 1. The van der Waals surface area contributed by atoms with Crippen LogP contribution < -0.4 is 5.32 Å². The predicted octanol–water partition coefficient (Wildman–Crippen LogP) is 3.09. The fourth-order valence-corrected chi connectivity index (χ4v) is 2.61. The smallest absolute Gasteiger partial charge is 0.101 e. The van der Waals surface area contributed by atoms with Gasteiger partial charge in [-0.2, -0.15) is 5.26 Å². The molecule has 0 amide bonds. The van der Waals surface area contributed by atoms with Gasteiger partial charge in [-0.15, -0.1) is 0 Å². The molecule has 1 N–H and O–H groups in total. The Morgan fingerprint density at radius 2 is 2.33 bits per heavy atom. The molecule has 1 aliphatic heterocycles. The summed E-state index contributed by atoms with van der Waals surface area (Å²) in [5.74, 6) is 0.557. The van der Waals surface area contributed by atoms with Crippen molar-refractivity contribution in [2.24, 2.45) is 5.92 Å². The van der Waals surface area contributed by atoms with E-state index in [1.165, 1.54) is 0 Å². The molecule has 3 nitrogen and oxygen atoms in total. The Balaban J connectivity index is 2.04. The van der Waals surface area contributed by atoms with Crippen molar-refractivity contribution in [3.05, 3.63) is 29.3 Å². The highest BCUT2D eigenvalue weighted by molar-refractivity contribution is 5.62. The van der Waals surface area contributed by atoms with Gasteiger partial charge in [0.05, 0.1) is 17.4 Å². The van der Waals surface area contributed by atoms with Crippen molar-refractivity contribution in [3.8, 4) is 6.07 Å². The van der Waals surface area contributed by atoms with Crippen molar-refractivity contribution in [1.29, 1.82) is 5.26 Å². The summed E-state index contributed by atoms with van der Waals surface area (Å²) in [6, 6.07) is 8.06. The van der Waals surface area contributed by atoms with E-state index in [0.29, 0.717) is 12.0 Å². The normalized spacial score (nSPS) is 22.7. The largest absolute Gasteiger partial charge is 0.383 e. The first-order chi connectivity index (χ1) is 8.76. The van der Waals surface area contributed by atoms with Crippen LogP contribution in [0.2, 0.25) is 0 Å². The molecule has 96 valence electrons. The zero-order valence-electron chi connectivity index (χ0n) is 11.1. The monoisotopic (exact) mass is 244 g/mol. The number of ether oxygens (including phenoxy) is 1. The van der Waals surface area contributed by atoms with Crippen LogP contribution in [-0.2, 0) is 4.74 Å². The maximum Gasteiger partial charge on any atom is 0.101 e. The number of nitrogens with zero attached hydrogens (tertiary/aromatic N) is 1. The van der Waals surface area contributed by atoms with Crippen molar-refractivity contribution >= 4 is 5.69 Å². The average molecular weight is 244 g/mol. The van der Waals surface area contributed by atoms with Crippen LogP contribution in [0, 0.1) is 24.2 Å². The summed E-state index contributed by atoms with van der Waals surface area (Å²) < 4.78 is 5.68. The van der Waals surface area contributed by atoms with E-state index < -0.39 is 0 Å². The number of aryl methyl sites for hydroxylation is 1. The Kier molecular flexibility index (Phi) is 4.22. The van der Waals surface area contributed by atoms with Crippen LogP contribution in [0.5, 0.6) is 0 Å². The van der Waals surface area contributed by atoms with E-state index >= 15 is 0 Å². The number of rotatable bonds is 4. The number of benzene rings is 1. The molecule has 1 heterocycles. The summed E-state index contributed by atoms with van der Waals surface area (Å²) >= 11 is 0. The van der Waals surface area contributed by atoms with Crippen molar-refractivity contribution in [2.45, 2.75) is 32.8 Å². The number of nitrogens with one attached hydrogen (secondary N) is 1. The van der Waals surface area contributed by atoms with E-state index in [1.54, 1.807) is 0 Å². The molecule has 2 unspecified atom stereocenters. The van der Waals surface area contributed by atoms with E-state index in [2.05, 4.69) is 18.3 Å². The summed E-state index contributed by atoms with van der Waals surface area (Å²) in [5.41, 5.74) is 2.82. The third kappa shape index (κ3) is 2.65. The second kappa shape index (κ2) is 5.88. The van der Waals surface area contributed by atoms with Crippen LogP contribution in [0.15, 0.2) is 18.2 Å². The summed E-state index contributed by atoms with van der Waals surface area (Å²) in [7, 11) is 0. The third-order valence-corrected chi connectivity index (χ3v) is 3.68. The first kappa shape index (κ1) is 12.9. The van der Waals surface area contributed by atoms with Crippen molar-refractivity contribution in [1.82, 2.24) is 0 Å². The fraction of sp³-hybridized carbons (Fsp3) is 0.533. The van der Waals surface area contributed by atoms with Gasteiger partial charge >= 0.3 is 0 Å². The molecule has 0 aromatic heterocycles. The molecule has 18 heavy (non-hydrogen) atoms. The van der Waals surface area contributed by atoms with Crippen molar-refractivity contribution in [3.63, 3.8) is 0 Å². The molecule has 2 atom stereocenters. The minimum atomic E-state index is 0.368. The maximum atomic E-state index is 9.12. The lowest BCUT2D eigenvalue weighted by atomic mass is 9.99. The quantitative estimate of drug-likeness (QED) is 0.885. The molecule has 1 aliphatic rings. The van der Waals surface area contributed by atoms with Gasteiger partial charge in [0.25, 0.3) is 0 Å². The number of hydrogen-bond acceptors (Lipinski definition) is 3. The van der Waals surface area contributed by atoms with Gasteiger partial charge in [0.1, 0.15) is 6.07 Å². The molecule has 0 saturated carbocycles. The van der Waals surface area contributed by atoms with Gasteiger partial charge in [0.2, 0.25) is 0 Å². The predicted molar refractivity (Wildman–Crippen MR) is 72.5 cm³/mol. The number of hydrogen-bond donors (Lipinski definition) is 1. The zero-order valence-corrected chi connectivity index (χ0v) is 11.1. The lowest BCUT2D eigenvalue weighted by Gasteiger charge is -2.19. The van der Waals surface area contributed by atoms with Gasteiger partial charge in [0, 0.05) is 19.1 Å². The Morgan fingerprint density at radius 3 is 3.06 bits per heavy atom. The van der Waals surface area contributed by atoms with Gasteiger partial charge in [-0.3, -0.25) is 0 Å². The third-order valence-electron chi connectivity index (χ3n) is 3.68. The summed E-state index contributed by atoms with van der Waals surface area (Å²) in [4.78, 5) is 0. The molecule has 1 fully saturated rings. The van der Waals surface area contributed by atoms with Gasteiger partial charge in [-0.25, -0.2) is 0 Å². The molecular formula is C15H20N2O. The van der Waals surface area contributed by atoms with Crippen LogP contribution in [0.4, 0.5) is 5.69 Å². The van der Waals surface area contributed by atoms with Crippen LogP contribution in [0.1, 0.15) is 30.9 Å². The second-order valence-electron chi connectivity index (χ2n) is 4.86. The molecule has 3 heteroatoms. The summed E-state index contributed by atoms with van der Waals surface area (Å²) in [5, 5.41) is 12.6. The SMILES string of the molecule is CCC1OCCC1CNc1c(C)cccc1C#N. The average Bonchev–Trinajstić information content (AvgIpc) is 2.84. The Bertz CT molecular complexity index is 450. The minimum absolute atomic E-state index is 0.368. The Hall–Kier alpha value is -1.53. The lowest BCUT2D eigenvalue weighted by Crippen LogP contribution is -2.23. The topological polar surface area (TPSA) is 45.0 Å². The molecule has 1 aromatic carbocycles. The van der Waals surface area contributed by atoms with Gasteiger partial charge in [-0.05, 0) is 31.4 Å². The molecule has 2 rings (SSSR count). The Labute approximate surface area is 109 Å². The highest BCUT2D eigenvalue weighted by Crippen LogP contribution is 2.26. The molecule has 0 aliphatic carbocycles. The van der Waals surface area contributed by atoms with Crippen LogP contribution in [0.3, 0.4) is 0 Å². The zero-order chi connectivity index (χ0) is 13.0. The summed E-state index contributed by atoms with van der Waals surface area (Å²) in [6.07, 6.45) is 2.54. The highest BCUT2D eigenvalue weighted by atomic mass is 16.5. The molecule has 0 radical (unpaired) electrons. The number of nitriles is 1. The molecule has 1 aromatic rings. The highest BCUT2D eigenvalue weighted by Gasteiger charge is 2.26. The minimum Gasteiger partial charge on any atom is -0.383 e. The van der Waals surface area contributed by atoms with E-state index in [4.69, 9.17) is 10.00 Å². The maximum absolute atomic E-state index is 9.12. The van der Waals surface area contributed by atoms with Crippen molar-refractivity contribution in [2.75, 3.05) is 18.5 Å². The van der Waals surface area contributed by atoms with E-state index in [0.717, 1.165) is 42.8 Å². The van der Waals surface area contributed by atoms with E-state index in [9.17, 15) is 0 Å². The van der Waals surface area contributed by atoms with E-state index in [-0.39, 0.29) is 0 Å². The van der Waals surface area contributed by atoms with Gasteiger partial charge in [0.15, 0.2) is 0 Å². The van der Waals surface area contributed by atoms with Crippen LogP contribution in [-0.4, -0.2) is 19.3 Å². The van der Waals surface area contributed by atoms with Crippen LogP contribution in [0.25, 0.3) is 0 Å². The van der Waals surface area contributed by atoms with Gasteiger partial charge < -0.3 is 10.1 Å². The lowest BCUT2D eigenvalue weighted by molar-refractivity contribution is 0.0900. The fourth-order valence-electron chi connectivity index (χ4n) is 2.61. The molecule has 0 bridgehead atoms. The second-order valence-corrected chi connectivity index (χ2v) is 4.86. The Morgan fingerprint density at radius 1 is 1.50 bits per heavy atom. The van der Waals surface area contributed by atoms with E-state index in [1.807, 2.05) is 25.1 Å². The standard InChI is InChI=1S/C15H20N2O/c1-3-14-13(7-8-18-14)10-17-15-11(2)5-4-6-12(15)9-16/h4-6,13-14,17H,3,7-8,10H2,1-2H3. The van der Waals surface area contributed by atoms with Crippen molar-refractivity contribution < 1.29 is 4.74 Å². The van der Waals surface area contributed by atoms with Crippen LogP contribution >= 0.6 is 0 Å². The summed E-state index contributed by atoms with van der Waals surface area (Å²) in [6.45, 7) is 5.95. The first-order valence-electron chi connectivity index (χ1n) is 6.61. The number of anilines is 1. The molecular weight excluding hydrogens is 224 g/mol. The molecule has 0 spiro atoms. The van der Waals surface area contributed by atoms with Gasteiger partial charge in [-0.1, -0.05) is 19.1 Å². The first-order valence-corrected chi connectivity index (χ1v) is 6.61.